The van der Waals surface area contributed by atoms with E-state index in [4.69, 9.17) is 11.6 Å². The second kappa shape index (κ2) is 4.82. The fourth-order valence-electron chi connectivity index (χ4n) is 1.57. The molecule has 0 fully saturated rings. The average molecular weight is 264 g/mol. The zero-order valence-corrected chi connectivity index (χ0v) is 11.2. The minimum Gasteiger partial charge on any atom is -0.321 e. The number of hydrogen-bond donors (Lipinski definition) is 2. The molecule has 94 valence electrons. The van der Waals surface area contributed by atoms with Gasteiger partial charge in [-0.15, -0.1) is 0 Å². The molecule has 0 unspecified atom stereocenters. The molecule has 1 heterocycles. The maximum Gasteiger partial charge on any atom is 0.276 e. The highest BCUT2D eigenvalue weighted by molar-refractivity contribution is 6.31. The first kappa shape index (κ1) is 12.6. The van der Waals surface area contributed by atoms with Crippen molar-refractivity contribution < 1.29 is 4.79 Å². The normalized spacial score (nSPS) is 10.4. The van der Waals surface area contributed by atoms with Gasteiger partial charge in [0.05, 0.1) is 0 Å². The molecule has 0 atom stereocenters. The van der Waals surface area contributed by atoms with E-state index < -0.39 is 0 Å². The third-order valence-electron chi connectivity index (χ3n) is 2.90. The first-order valence-electron chi connectivity index (χ1n) is 5.58. The number of H-pyrrole nitrogens is 1. The number of amides is 1. The minimum absolute atomic E-state index is 0.239. The molecule has 2 N–H and O–H groups in total. The number of anilines is 1. The highest BCUT2D eigenvalue weighted by atomic mass is 35.5. The zero-order chi connectivity index (χ0) is 13.3. The predicted octanol–water partition coefficient (Wildman–Crippen LogP) is 3.24. The Balaban J connectivity index is 2.21. The Kier molecular flexibility index (Phi) is 3.39. The van der Waals surface area contributed by atoms with Crippen molar-refractivity contribution in [2.75, 3.05) is 5.32 Å². The molecule has 0 aliphatic carbocycles. The SMILES string of the molecule is Cc1ccc(NC(=O)c2n[nH]c(C)c2C)cc1Cl. The first-order valence-corrected chi connectivity index (χ1v) is 5.96. The molecular formula is C13H14ClN3O. The number of benzene rings is 1. The third kappa shape index (κ3) is 2.38. The lowest BCUT2D eigenvalue weighted by molar-refractivity contribution is 0.102. The number of hydrogen-bond acceptors (Lipinski definition) is 2. The van der Waals surface area contributed by atoms with Crippen LogP contribution < -0.4 is 5.32 Å². The molecule has 0 bridgehead atoms. The molecule has 0 spiro atoms. The maximum absolute atomic E-state index is 12.0. The molecule has 4 nitrogen and oxygen atoms in total. The molecule has 0 saturated carbocycles. The fourth-order valence-corrected chi connectivity index (χ4v) is 1.75. The Bertz CT molecular complexity index is 604. The van der Waals surface area contributed by atoms with Crippen LogP contribution >= 0.6 is 11.6 Å². The minimum atomic E-state index is -0.239. The zero-order valence-electron chi connectivity index (χ0n) is 10.5. The van der Waals surface area contributed by atoms with Crippen LogP contribution in [0.1, 0.15) is 27.3 Å². The molecule has 1 aromatic heterocycles. The van der Waals surface area contributed by atoms with Crippen LogP contribution in [-0.2, 0) is 0 Å². The number of aromatic amines is 1. The van der Waals surface area contributed by atoms with E-state index >= 15 is 0 Å². The van der Waals surface area contributed by atoms with Gasteiger partial charge >= 0.3 is 0 Å². The smallest absolute Gasteiger partial charge is 0.276 e. The van der Waals surface area contributed by atoms with Crippen molar-refractivity contribution in [1.82, 2.24) is 10.2 Å². The molecule has 5 heteroatoms. The number of halogens is 1. The summed E-state index contributed by atoms with van der Waals surface area (Å²) in [5.74, 6) is -0.239. The third-order valence-corrected chi connectivity index (χ3v) is 3.31. The average Bonchev–Trinajstić information content (AvgIpc) is 2.65. The van der Waals surface area contributed by atoms with Gasteiger partial charge in [-0.3, -0.25) is 9.89 Å². The summed E-state index contributed by atoms with van der Waals surface area (Å²) >= 11 is 6.01. The van der Waals surface area contributed by atoms with Gasteiger partial charge in [0.25, 0.3) is 5.91 Å². The number of rotatable bonds is 2. The van der Waals surface area contributed by atoms with Gasteiger partial charge in [0, 0.05) is 22.0 Å². The van der Waals surface area contributed by atoms with Crippen LogP contribution in [0.15, 0.2) is 18.2 Å². The lowest BCUT2D eigenvalue weighted by Gasteiger charge is -2.05. The summed E-state index contributed by atoms with van der Waals surface area (Å²) in [6.45, 7) is 5.65. The molecule has 0 aliphatic rings. The Hall–Kier alpha value is -1.81. The Morgan fingerprint density at radius 2 is 2.06 bits per heavy atom. The lowest BCUT2D eigenvalue weighted by Crippen LogP contribution is -2.13. The van der Waals surface area contributed by atoms with E-state index in [-0.39, 0.29) is 5.91 Å². The van der Waals surface area contributed by atoms with Crippen LogP contribution in [0, 0.1) is 20.8 Å². The summed E-state index contributed by atoms with van der Waals surface area (Å²) in [7, 11) is 0. The molecule has 0 saturated heterocycles. The summed E-state index contributed by atoms with van der Waals surface area (Å²) in [5, 5.41) is 10.2. The van der Waals surface area contributed by atoms with E-state index in [1.54, 1.807) is 6.07 Å². The Morgan fingerprint density at radius 3 is 2.61 bits per heavy atom. The van der Waals surface area contributed by atoms with Crippen LogP contribution in [0.2, 0.25) is 5.02 Å². The molecular weight excluding hydrogens is 250 g/mol. The number of nitrogens with one attached hydrogen (secondary N) is 2. The largest absolute Gasteiger partial charge is 0.321 e. The van der Waals surface area contributed by atoms with Gasteiger partial charge in [-0.25, -0.2) is 0 Å². The molecule has 1 amide bonds. The topological polar surface area (TPSA) is 57.8 Å². The fraction of sp³-hybridized carbons (Fsp3) is 0.231. The highest BCUT2D eigenvalue weighted by Gasteiger charge is 2.14. The van der Waals surface area contributed by atoms with Crippen molar-refractivity contribution in [2.24, 2.45) is 0 Å². The molecule has 2 rings (SSSR count). The van der Waals surface area contributed by atoms with Gasteiger partial charge in [0.2, 0.25) is 0 Å². The van der Waals surface area contributed by atoms with Crippen LogP contribution in [0.4, 0.5) is 5.69 Å². The van der Waals surface area contributed by atoms with Crippen molar-refractivity contribution in [3.05, 3.63) is 45.7 Å². The van der Waals surface area contributed by atoms with E-state index in [2.05, 4.69) is 15.5 Å². The van der Waals surface area contributed by atoms with E-state index in [0.717, 1.165) is 16.8 Å². The van der Waals surface area contributed by atoms with Gasteiger partial charge in [-0.1, -0.05) is 17.7 Å². The van der Waals surface area contributed by atoms with Crippen molar-refractivity contribution in [1.29, 1.82) is 0 Å². The Labute approximate surface area is 110 Å². The summed E-state index contributed by atoms with van der Waals surface area (Å²) in [6.07, 6.45) is 0. The number of nitrogens with zero attached hydrogens (tertiary/aromatic N) is 1. The molecule has 18 heavy (non-hydrogen) atoms. The quantitative estimate of drug-likeness (QED) is 0.874. The maximum atomic E-state index is 12.0. The molecule has 2 aromatic rings. The van der Waals surface area contributed by atoms with Crippen molar-refractivity contribution in [2.45, 2.75) is 20.8 Å². The van der Waals surface area contributed by atoms with E-state index in [0.29, 0.717) is 16.4 Å². The number of aryl methyl sites for hydroxylation is 2. The van der Waals surface area contributed by atoms with E-state index in [1.165, 1.54) is 0 Å². The van der Waals surface area contributed by atoms with E-state index in [9.17, 15) is 4.79 Å². The van der Waals surface area contributed by atoms with Crippen LogP contribution in [-0.4, -0.2) is 16.1 Å². The predicted molar refractivity (Wildman–Crippen MR) is 72.2 cm³/mol. The monoisotopic (exact) mass is 263 g/mol. The van der Waals surface area contributed by atoms with Crippen molar-refractivity contribution in [3.63, 3.8) is 0 Å². The Morgan fingerprint density at radius 1 is 1.33 bits per heavy atom. The second-order valence-corrected chi connectivity index (χ2v) is 4.65. The lowest BCUT2D eigenvalue weighted by atomic mass is 10.2. The summed E-state index contributed by atoms with van der Waals surface area (Å²) in [6, 6.07) is 5.40. The van der Waals surface area contributed by atoms with Crippen molar-refractivity contribution >= 4 is 23.2 Å². The second-order valence-electron chi connectivity index (χ2n) is 4.24. The summed E-state index contributed by atoms with van der Waals surface area (Å²) in [4.78, 5) is 12.0. The van der Waals surface area contributed by atoms with E-state index in [1.807, 2.05) is 32.9 Å². The number of carbonyl (C=O) groups excluding carboxylic acids is 1. The van der Waals surface area contributed by atoms with Crippen LogP contribution in [0.25, 0.3) is 0 Å². The molecule has 0 radical (unpaired) electrons. The van der Waals surface area contributed by atoms with Crippen LogP contribution in [0.5, 0.6) is 0 Å². The van der Waals surface area contributed by atoms with Gasteiger partial charge in [0.15, 0.2) is 5.69 Å². The van der Waals surface area contributed by atoms with Gasteiger partial charge in [-0.05, 0) is 38.5 Å². The number of carbonyl (C=O) groups is 1. The first-order chi connectivity index (χ1) is 8.49. The molecule has 1 aromatic carbocycles. The van der Waals surface area contributed by atoms with Crippen LogP contribution in [0.3, 0.4) is 0 Å². The van der Waals surface area contributed by atoms with Crippen molar-refractivity contribution in [3.8, 4) is 0 Å². The highest BCUT2D eigenvalue weighted by Crippen LogP contribution is 2.20. The molecule has 0 aliphatic heterocycles. The van der Waals surface area contributed by atoms with Gasteiger partial charge < -0.3 is 5.32 Å². The van der Waals surface area contributed by atoms with Gasteiger partial charge in [0.1, 0.15) is 0 Å². The summed E-state index contributed by atoms with van der Waals surface area (Å²) in [5.41, 5.74) is 3.79. The standard InChI is InChI=1S/C13H14ClN3O/c1-7-4-5-10(6-11(7)14)15-13(18)12-8(2)9(3)16-17-12/h4-6H,1-3H3,(H,15,18)(H,16,17). The van der Waals surface area contributed by atoms with Gasteiger partial charge in [-0.2, -0.15) is 5.10 Å². The summed E-state index contributed by atoms with van der Waals surface area (Å²) < 4.78 is 0. The number of aromatic nitrogens is 2.